The minimum Gasteiger partial charge on any atom is -0.448 e. The first kappa shape index (κ1) is 33.7. The van der Waals surface area contributed by atoms with Gasteiger partial charge in [-0.1, -0.05) is 105 Å². The average molecular weight is 701 g/mol. The molecular formula is C44H52N4O4. The van der Waals surface area contributed by atoms with E-state index in [0.29, 0.717) is 37.8 Å². The van der Waals surface area contributed by atoms with Gasteiger partial charge in [-0.15, -0.1) is 0 Å². The first-order chi connectivity index (χ1) is 25.5. The van der Waals surface area contributed by atoms with Gasteiger partial charge in [0.25, 0.3) is 0 Å². The molecule has 0 radical (unpaired) electrons. The zero-order valence-electron chi connectivity index (χ0n) is 30.2. The third-order valence-electron chi connectivity index (χ3n) is 13.7. The van der Waals surface area contributed by atoms with E-state index in [0.717, 1.165) is 38.8 Å². The Morgan fingerprint density at radius 3 is 2.17 bits per heavy atom. The minimum atomic E-state index is -0.638. The highest BCUT2D eigenvalue weighted by molar-refractivity contribution is 5.92. The molecule has 4 atom stereocenters. The van der Waals surface area contributed by atoms with E-state index in [2.05, 4.69) is 65.2 Å². The highest BCUT2D eigenvalue weighted by atomic mass is 16.6. The summed E-state index contributed by atoms with van der Waals surface area (Å²) in [7, 11) is 0. The first-order valence-corrected chi connectivity index (χ1v) is 20.0. The van der Waals surface area contributed by atoms with Gasteiger partial charge in [0.15, 0.2) is 0 Å². The van der Waals surface area contributed by atoms with Crippen molar-refractivity contribution in [3.63, 3.8) is 0 Å². The zero-order chi connectivity index (χ0) is 35.2. The van der Waals surface area contributed by atoms with Crippen molar-refractivity contribution >= 4 is 17.9 Å². The molecule has 1 unspecified atom stereocenters. The van der Waals surface area contributed by atoms with Gasteiger partial charge in [-0.2, -0.15) is 0 Å². The normalized spacial score (nSPS) is 26.6. The lowest BCUT2D eigenvalue weighted by Crippen LogP contribution is -2.53. The number of benzene rings is 3. The van der Waals surface area contributed by atoms with Crippen LogP contribution in [0.1, 0.15) is 98.4 Å². The van der Waals surface area contributed by atoms with Crippen LogP contribution in [0.2, 0.25) is 0 Å². The number of hydrogen-bond donors (Lipinski definition) is 2. The number of nitrogens with one attached hydrogen (secondary N) is 2. The van der Waals surface area contributed by atoms with Gasteiger partial charge in [-0.25, -0.2) is 4.79 Å². The van der Waals surface area contributed by atoms with Crippen LogP contribution in [0.3, 0.4) is 0 Å². The van der Waals surface area contributed by atoms with Crippen LogP contribution in [-0.2, 0) is 20.7 Å². The zero-order valence-corrected chi connectivity index (χ0v) is 30.2. The number of nitrogens with zero attached hydrogens (tertiary/aromatic N) is 2. The van der Waals surface area contributed by atoms with Crippen LogP contribution in [0.25, 0.3) is 11.1 Å². The molecule has 3 amide bonds. The molecular weight excluding hydrogens is 649 g/mol. The molecule has 3 heterocycles. The molecule has 2 N–H and O–H groups in total. The predicted molar refractivity (Wildman–Crippen MR) is 201 cm³/mol. The molecule has 3 aliphatic heterocycles. The van der Waals surface area contributed by atoms with Crippen molar-refractivity contribution in [3.05, 3.63) is 95.1 Å². The highest BCUT2D eigenvalue weighted by Gasteiger charge is 2.53. The summed E-state index contributed by atoms with van der Waals surface area (Å²) < 4.78 is 6.23. The number of hydrogen-bond acceptors (Lipinski definition) is 5. The van der Waals surface area contributed by atoms with E-state index in [1.165, 1.54) is 65.5 Å². The number of carbonyl (C=O) groups is 3. The quantitative estimate of drug-likeness (QED) is 0.290. The molecule has 1 spiro atoms. The fraction of sp³-hybridized carbons (Fsp3) is 0.523. The van der Waals surface area contributed by atoms with Gasteiger partial charge >= 0.3 is 6.09 Å². The monoisotopic (exact) mass is 700 g/mol. The molecule has 8 nitrogen and oxygen atoms in total. The summed E-state index contributed by atoms with van der Waals surface area (Å²) in [4.78, 5) is 47.3. The molecule has 3 aromatic carbocycles. The summed E-state index contributed by atoms with van der Waals surface area (Å²) in [6.07, 6.45) is 10.6. The molecule has 0 bridgehead atoms. The first-order valence-electron chi connectivity index (χ1n) is 20.0. The summed E-state index contributed by atoms with van der Waals surface area (Å²) >= 11 is 0. The Balaban J connectivity index is 0.970. The van der Waals surface area contributed by atoms with Gasteiger partial charge in [-0.05, 0) is 102 Å². The fourth-order valence-corrected chi connectivity index (χ4v) is 10.9. The van der Waals surface area contributed by atoms with Crippen molar-refractivity contribution in [2.45, 2.75) is 94.7 Å². The lowest BCUT2D eigenvalue weighted by Gasteiger charge is -2.33. The number of carbonyl (C=O) groups excluding carboxylic acids is 3. The average Bonchev–Trinajstić information content (AvgIpc) is 3.97. The molecule has 52 heavy (non-hydrogen) atoms. The molecule has 3 aromatic rings. The van der Waals surface area contributed by atoms with Crippen LogP contribution in [0.4, 0.5) is 4.79 Å². The number of fused-ring (bicyclic) bond motifs is 4. The largest absolute Gasteiger partial charge is 0.448 e. The van der Waals surface area contributed by atoms with Crippen LogP contribution in [0.5, 0.6) is 0 Å². The number of amides is 3. The van der Waals surface area contributed by atoms with E-state index < -0.39 is 18.2 Å². The molecule has 9 rings (SSSR count). The van der Waals surface area contributed by atoms with Gasteiger partial charge in [0.05, 0.1) is 6.04 Å². The SMILES string of the molecule is O=C(N[C@@H]1CCc2ccccc21)[C@@H]1C[C@@H](C2CCCCC2)CN1C(=O)C1CC2(CCNCC2)CN1C(=O)OCC1c2ccccc2-c2ccccc21. The van der Waals surface area contributed by atoms with Crippen molar-refractivity contribution in [1.82, 2.24) is 20.4 Å². The van der Waals surface area contributed by atoms with Gasteiger partial charge < -0.3 is 20.3 Å². The second-order valence-corrected chi connectivity index (χ2v) is 16.6. The van der Waals surface area contributed by atoms with Gasteiger partial charge in [0, 0.05) is 19.0 Å². The van der Waals surface area contributed by atoms with E-state index in [-0.39, 0.29) is 35.8 Å². The third kappa shape index (κ3) is 6.10. The summed E-state index contributed by atoms with van der Waals surface area (Å²) in [6, 6.07) is 23.9. The predicted octanol–water partition coefficient (Wildman–Crippen LogP) is 6.98. The van der Waals surface area contributed by atoms with E-state index >= 15 is 4.79 Å². The highest BCUT2D eigenvalue weighted by Crippen LogP contribution is 2.47. The Morgan fingerprint density at radius 2 is 1.44 bits per heavy atom. The summed E-state index contributed by atoms with van der Waals surface area (Å²) in [5, 5.41) is 6.87. The Hall–Kier alpha value is -4.17. The number of rotatable bonds is 6. The molecule has 3 aliphatic carbocycles. The summed E-state index contributed by atoms with van der Waals surface area (Å²) in [5.41, 5.74) is 7.08. The maximum atomic E-state index is 15.0. The van der Waals surface area contributed by atoms with Crippen molar-refractivity contribution in [2.24, 2.45) is 17.3 Å². The molecule has 8 heteroatoms. The molecule has 1 saturated carbocycles. The Labute approximate surface area is 307 Å². The number of aryl methyl sites for hydroxylation is 1. The smallest absolute Gasteiger partial charge is 0.410 e. The topological polar surface area (TPSA) is 91.0 Å². The van der Waals surface area contributed by atoms with E-state index in [9.17, 15) is 9.59 Å². The van der Waals surface area contributed by atoms with Gasteiger partial charge in [-0.3, -0.25) is 14.5 Å². The van der Waals surface area contributed by atoms with Gasteiger partial charge in [0.1, 0.15) is 18.7 Å². The lowest BCUT2D eigenvalue weighted by molar-refractivity contribution is -0.142. The van der Waals surface area contributed by atoms with Crippen molar-refractivity contribution < 1.29 is 19.1 Å². The maximum absolute atomic E-state index is 15.0. The number of piperidine rings is 1. The second kappa shape index (κ2) is 14.0. The number of likely N-dealkylation sites (tertiary alicyclic amines) is 2. The molecule has 272 valence electrons. The Morgan fingerprint density at radius 1 is 0.769 bits per heavy atom. The second-order valence-electron chi connectivity index (χ2n) is 16.6. The third-order valence-corrected chi connectivity index (χ3v) is 13.7. The van der Waals surface area contributed by atoms with Crippen LogP contribution in [0, 0.1) is 17.3 Å². The van der Waals surface area contributed by atoms with Crippen molar-refractivity contribution in [2.75, 3.05) is 32.8 Å². The maximum Gasteiger partial charge on any atom is 0.410 e. The van der Waals surface area contributed by atoms with Crippen LogP contribution >= 0.6 is 0 Å². The molecule has 3 saturated heterocycles. The van der Waals surface area contributed by atoms with Gasteiger partial charge in [0.2, 0.25) is 11.8 Å². The minimum absolute atomic E-state index is 0.0313. The number of ether oxygens (including phenoxy) is 1. The van der Waals surface area contributed by atoms with E-state index in [1.807, 2.05) is 23.1 Å². The van der Waals surface area contributed by atoms with Crippen molar-refractivity contribution in [1.29, 1.82) is 0 Å². The fourth-order valence-electron chi connectivity index (χ4n) is 10.9. The van der Waals surface area contributed by atoms with E-state index in [4.69, 9.17) is 4.74 Å². The summed E-state index contributed by atoms with van der Waals surface area (Å²) in [6.45, 7) is 3.07. The molecule has 0 aromatic heterocycles. The molecule has 6 aliphatic rings. The summed E-state index contributed by atoms with van der Waals surface area (Å²) in [5.74, 6) is 0.661. The van der Waals surface area contributed by atoms with Crippen LogP contribution in [0.15, 0.2) is 72.8 Å². The lowest BCUT2D eigenvalue weighted by atomic mass is 9.77. The Kier molecular flexibility index (Phi) is 9.06. The van der Waals surface area contributed by atoms with Crippen LogP contribution in [-0.4, -0.2) is 72.6 Å². The molecule has 4 fully saturated rings. The Bertz CT molecular complexity index is 1780. The standard InChI is InChI=1S/C44H52N4O4/c49-41(46-38-19-18-30-12-4-5-13-32(30)38)39-24-31(29-10-2-1-3-11-29)26-47(39)42(50)40-25-44(20-22-45-23-21-44)28-48(40)43(51)52-27-37-35-16-8-6-14-33(35)34-15-7-9-17-36(34)37/h4-9,12-17,29,31,37-40,45H,1-3,10-11,18-28H2,(H,46,49)/t31-,38-,39+,40?/m1/s1. The van der Waals surface area contributed by atoms with Crippen LogP contribution < -0.4 is 10.6 Å². The van der Waals surface area contributed by atoms with Crippen molar-refractivity contribution in [3.8, 4) is 11.1 Å². The van der Waals surface area contributed by atoms with E-state index in [1.54, 1.807) is 4.90 Å².